The maximum atomic E-state index is 12.3. The lowest BCUT2D eigenvalue weighted by Gasteiger charge is -2.13. The van der Waals surface area contributed by atoms with Crippen molar-refractivity contribution >= 4 is 28.0 Å². The van der Waals surface area contributed by atoms with Gasteiger partial charge in [-0.3, -0.25) is 4.79 Å². The van der Waals surface area contributed by atoms with Crippen LogP contribution in [0.3, 0.4) is 0 Å². The molecule has 1 amide bonds. The van der Waals surface area contributed by atoms with E-state index < -0.39 is 28.0 Å². The van der Waals surface area contributed by atoms with E-state index in [9.17, 15) is 18.0 Å². The van der Waals surface area contributed by atoms with Gasteiger partial charge in [-0.15, -0.1) is 0 Å². The molecular formula is C22H20N2O6S. The second-order valence-electron chi connectivity index (χ2n) is 6.44. The van der Waals surface area contributed by atoms with Crippen molar-refractivity contribution in [1.82, 2.24) is 4.72 Å². The van der Waals surface area contributed by atoms with Crippen molar-refractivity contribution in [3.63, 3.8) is 0 Å². The summed E-state index contributed by atoms with van der Waals surface area (Å²) in [7, 11) is -3.72. The molecule has 9 heteroatoms. The van der Waals surface area contributed by atoms with Crippen LogP contribution in [0.15, 0.2) is 88.4 Å². The Labute approximate surface area is 179 Å². The van der Waals surface area contributed by atoms with E-state index in [1.807, 2.05) is 0 Å². The first-order valence-corrected chi connectivity index (χ1v) is 10.7. The molecule has 1 aromatic heterocycles. The Kier molecular flexibility index (Phi) is 7.01. The molecule has 0 saturated heterocycles. The van der Waals surface area contributed by atoms with Crippen LogP contribution in [0.4, 0.5) is 0 Å². The molecule has 8 nitrogen and oxygen atoms in total. The number of furan rings is 1. The highest BCUT2D eigenvalue weighted by Gasteiger charge is 2.21. The number of nitrogens with two attached hydrogens (primary N) is 1. The summed E-state index contributed by atoms with van der Waals surface area (Å²) in [4.78, 5) is 23.8. The Hall–Kier alpha value is -3.69. The normalized spacial score (nSPS) is 12.5. The molecule has 1 atom stereocenters. The molecule has 0 saturated carbocycles. The zero-order chi connectivity index (χ0) is 22.3. The molecule has 1 heterocycles. The summed E-state index contributed by atoms with van der Waals surface area (Å²) >= 11 is 0. The maximum Gasteiger partial charge on any atom is 0.331 e. The van der Waals surface area contributed by atoms with Crippen LogP contribution in [0.1, 0.15) is 23.0 Å². The molecule has 0 bridgehead atoms. The Morgan fingerprint density at radius 3 is 2.35 bits per heavy atom. The predicted octanol–water partition coefficient (Wildman–Crippen LogP) is 2.54. The number of hydrogen-bond acceptors (Lipinski definition) is 6. The van der Waals surface area contributed by atoms with Gasteiger partial charge in [-0.1, -0.05) is 42.5 Å². The monoisotopic (exact) mass is 440 g/mol. The average Bonchev–Trinajstić information content (AvgIpc) is 3.29. The minimum Gasteiger partial charge on any atom is -0.468 e. The minimum absolute atomic E-state index is 0.0330. The van der Waals surface area contributed by atoms with Gasteiger partial charge in [-0.2, -0.15) is 0 Å². The molecule has 31 heavy (non-hydrogen) atoms. The number of primary amides is 1. The van der Waals surface area contributed by atoms with Gasteiger partial charge in [0, 0.05) is 11.6 Å². The van der Waals surface area contributed by atoms with Gasteiger partial charge in [0.1, 0.15) is 5.76 Å². The number of benzene rings is 2. The average molecular weight is 440 g/mol. The SMILES string of the molecule is NC(=O)C(OC(=O)/C=C/c1ccc(S(=O)(=O)NCc2ccco2)cc1)c1ccccc1. The minimum atomic E-state index is -3.72. The molecule has 160 valence electrons. The van der Waals surface area contributed by atoms with Gasteiger partial charge >= 0.3 is 5.97 Å². The van der Waals surface area contributed by atoms with Crippen molar-refractivity contribution in [3.8, 4) is 0 Å². The van der Waals surface area contributed by atoms with Crippen molar-refractivity contribution in [2.45, 2.75) is 17.5 Å². The highest BCUT2D eigenvalue weighted by molar-refractivity contribution is 7.89. The predicted molar refractivity (Wildman–Crippen MR) is 113 cm³/mol. The first kappa shape index (κ1) is 22.0. The number of sulfonamides is 1. The number of esters is 1. The molecule has 3 rings (SSSR count). The van der Waals surface area contributed by atoms with Crippen LogP contribution in [-0.4, -0.2) is 20.3 Å². The van der Waals surface area contributed by atoms with E-state index in [1.165, 1.54) is 36.6 Å². The molecule has 1 unspecified atom stereocenters. The first-order chi connectivity index (χ1) is 14.8. The van der Waals surface area contributed by atoms with Crippen molar-refractivity contribution < 1.29 is 27.2 Å². The zero-order valence-electron chi connectivity index (χ0n) is 16.3. The fraction of sp³-hybridized carbons (Fsp3) is 0.0909. The fourth-order valence-electron chi connectivity index (χ4n) is 2.66. The number of hydrogen-bond donors (Lipinski definition) is 2. The molecule has 0 radical (unpaired) electrons. The summed E-state index contributed by atoms with van der Waals surface area (Å²) in [6.07, 6.45) is 2.84. The van der Waals surface area contributed by atoms with E-state index in [1.54, 1.807) is 42.5 Å². The summed E-state index contributed by atoms with van der Waals surface area (Å²) in [5.41, 5.74) is 6.36. The second-order valence-corrected chi connectivity index (χ2v) is 8.20. The molecule has 0 aliphatic carbocycles. The van der Waals surface area contributed by atoms with E-state index >= 15 is 0 Å². The fourth-order valence-corrected chi connectivity index (χ4v) is 3.65. The quantitative estimate of drug-likeness (QED) is 0.389. The third kappa shape index (κ3) is 6.14. The number of amides is 1. The summed E-state index contributed by atoms with van der Waals surface area (Å²) < 4.78 is 37.4. The topological polar surface area (TPSA) is 129 Å². The summed E-state index contributed by atoms with van der Waals surface area (Å²) in [5, 5.41) is 0. The van der Waals surface area contributed by atoms with Gasteiger partial charge < -0.3 is 14.9 Å². The van der Waals surface area contributed by atoms with E-state index in [4.69, 9.17) is 14.9 Å². The largest absolute Gasteiger partial charge is 0.468 e. The van der Waals surface area contributed by atoms with Gasteiger partial charge in [-0.05, 0) is 35.9 Å². The standard InChI is InChI=1S/C22H20N2O6S/c23-22(26)21(17-5-2-1-3-6-17)30-20(25)13-10-16-8-11-19(12-9-16)31(27,28)24-15-18-7-4-14-29-18/h1-14,21,24H,15H2,(H2,23,26)/b13-10+. The molecule has 3 N–H and O–H groups in total. The van der Waals surface area contributed by atoms with Gasteiger partial charge in [0.2, 0.25) is 16.1 Å². The maximum absolute atomic E-state index is 12.3. The van der Waals surface area contributed by atoms with Crippen molar-refractivity contribution in [3.05, 3.63) is 96.0 Å². The highest BCUT2D eigenvalue weighted by atomic mass is 32.2. The Bertz CT molecular complexity index is 1150. The molecule has 3 aromatic rings. The molecule has 0 aliphatic rings. The summed E-state index contributed by atoms with van der Waals surface area (Å²) in [6, 6.07) is 17.6. The first-order valence-electron chi connectivity index (χ1n) is 9.20. The van der Waals surface area contributed by atoms with Gasteiger partial charge in [0.05, 0.1) is 17.7 Å². The summed E-state index contributed by atoms with van der Waals surface area (Å²) in [5.74, 6) is -1.06. The smallest absolute Gasteiger partial charge is 0.331 e. The van der Waals surface area contributed by atoms with Crippen LogP contribution in [-0.2, 0) is 30.9 Å². The van der Waals surface area contributed by atoms with E-state index in [0.717, 1.165) is 6.08 Å². The molecule has 0 spiro atoms. The van der Waals surface area contributed by atoms with E-state index in [2.05, 4.69) is 4.72 Å². The third-order valence-corrected chi connectivity index (χ3v) is 5.63. The van der Waals surface area contributed by atoms with Crippen LogP contribution in [0.25, 0.3) is 6.08 Å². The molecule has 0 aliphatic heterocycles. The number of carbonyl (C=O) groups excluding carboxylic acids is 2. The van der Waals surface area contributed by atoms with Crippen LogP contribution >= 0.6 is 0 Å². The lowest BCUT2D eigenvalue weighted by molar-refractivity contribution is -0.150. The second kappa shape index (κ2) is 9.88. The van der Waals surface area contributed by atoms with Gasteiger partial charge in [0.15, 0.2) is 0 Å². The lowest BCUT2D eigenvalue weighted by atomic mass is 10.1. The van der Waals surface area contributed by atoms with E-state index in [0.29, 0.717) is 16.9 Å². The number of nitrogens with one attached hydrogen (secondary N) is 1. The molecule has 2 aromatic carbocycles. The van der Waals surface area contributed by atoms with E-state index in [-0.39, 0.29) is 11.4 Å². The van der Waals surface area contributed by atoms with Crippen molar-refractivity contribution in [2.24, 2.45) is 5.73 Å². The zero-order valence-corrected chi connectivity index (χ0v) is 17.1. The Balaban J connectivity index is 1.62. The van der Waals surface area contributed by atoms with Gasteiger partial charge in [-0.25, -0.2) is 17.9 Å². The number of carbonyl (C=O) groups is 2. The van der Waals surface area contributed by atoms with Crippen LogP contribution in [0.2, 0.25) is 0 Å². The number of rotatable bonds is 9. The van der Waals surface area contributed by atoms with Crippen molar-refractivity contribution in [1.29, 1.82) is 0 Å². The van der Waals surface area contributed by atoms with Crippen LogP contribution < -0.4 is 10.5 Å². The molecular weight excluding hydrogens is 420 g/mol. The highest BCUT2D eigenvalue weighted by Crippen LogP contribution is 2.18. The molecule has 0 fully saturated rings. The van der Waals surface area contributed by atoms with Crippen LogP contribution in [0, 0.1) is 0 Å². The lowest BCUT2D eigenvalue weighted by Crippen LogP contribution is -2.25. The number of ether oxygens (including phenoxy) is 1. The van der Waals surface area contributed by atoms with Crippen LogP contribution in [0.5, 0.6) is 0 Å². The third-order valence-electron chi connectivity index (χ3n) is 4.21. The summed E-state index contributed by atoms with van der Waals surface area (Å²) in [6.45, 7) is 0.0330. The Morgan fingerprint density at radius 2 is 1.74 bits per heavy atom. The van der Waals surface area contributed by atoms with Crippen molar-refractivity contribution in [2.75, 3.05) is 0 Å². The van der Waals surface area contributed by atoms with Gasteiger partial charge in [0.25, 0.3) is 5.91 Å². The Morgan fingerprint density at radius 1 is 1.03 bits per heavy atom.